The quantitative estimate of drug-likeness (QED) is 0.0401. The molecule has 0 fully saturated rings. The predicted molar refractivity (Wildman–Crippen MR) is 199 cm³/mol. The van der Waals surface area contributed by atoms with Gasteiger partial charge in [-0.3, -0.25) is 4.79 Å². The zero-order valence-corrected chi connectivity index (χ0v) is 30.7. The molecular weight excluding hydrogens is 570 g/mol. The van der Waals surface area contributed by atoms with E-state index in [1.807, 2.05) is 6.08 Å². The summed E-state index contributed by atoms with van der Waals surface area (Å²) in [6, 6.07) is -0.743. The van der Waals surface area contributed by atoms with Gasteiger partial charge in [-0.05, 0) is 44.9 Å². The van der Waals surface area contributed by atoms with E-state index in [0.717, 1.165) is 38.5 Å². The third-order valence-corrected chi connectivity index (χ3v) is 9.23. The molecule has 0 rings (SSSR count). The lowest BCUT2D eigenvalue weighted by Gasteiger charge is -2.21. The monoisotopic (exact) mass is 650 g/mol. The highest BCUT2D eigenvalue weighted by Crippen LogP contribution is 2.15. The second-order valence-electron chi connectivity index (χ2n) is 13.9. The standard InChI is InChI=1S/C41H79NO4/c1-3-5-7-9-11-13-15-17-19-21-23-25-27-29-31-33-35-40(45)39(37-43)42-41(46)36-38(44)34-32-30-28-26-24-22-20-18-16-14-12-10-8-6-4-2/h18,20,33,35,38-40,43-45H,3-17,19,21-32,34,36-37H2,1-2H3,(H,42,46)/b20-18-,35-33+. The third kappa shape index (κ3) is 32.8. The van der Waals surface area contributed by atoms with Crippen LogP contribution in [0, 0.1) is 0 Å². The van der Waals surface area contributed by atoms with Gasteiger partial charge in [0, 0.05) is 0 Å². The van der Waals surface area contributed by atoms with Gasteiger partial charge in [0.25, 0.3) is 0 Å². The van der Waals surface area contributed by atoms with E-state index >= 15 is 0 Å². The van der Waals surface area contributed by atoms with Gasteiger partial charge in [-0.25, -0.2) is 0 Å². The first-order valence-corrected chi connectivity index (χ1v) is 20.1. The largest absolute Gasteiger partial charge is 0.394 e. The molecule has 0 aliphatic heterocycles. The van der Waals surface area contributed by atoms with E-state index in [9.17, 15) is 20.1 Å². The van der Waals surface area contributed by atoms with Crippen molar-refractivity contribution in [2.45, 2.75) is 225 Å². The molecule has 272 valence electrons. The van der Waals surface area contributed by atoms with Crippen LogP contribution in [0.4, 0.5) is 0 Å². The van der Waals surface area contributed by atoms with Crippen molar-refractivity contribution in [2.75, 3.05) is 6.61 Å². The van der Waals surface area contributed by atoms with Gasteiger partial charge in [-0.15, -0.1) is 0 Å². The number of carbonyl (C=O) groups is 1. The molecule has 4 N–H and O–H groups in total. The first-order chi connectivity index (χ1) is 22.5. The van der Waals surface area contributed by atoms with Crippen molar-refractivity contribution in [3.63, 3.8) is 0 Å². The second kappa shape index (κ2) is 36.7. The Hall–Kier alpha value is -1.17. The number of hydrogen-bond acceptors (Lipinski definition) is 4. The minimum absolute atomic E-state index is 0.00931. The zero-order chi connectivity index (χ0) is 33.8. The highest BCUT2D eigenvalue weighted by molar-refractivity contribution is 5.76. The summed E-state index contributed by atoms with van der Waals surface area (Å²) >= 11 is 0. The fraction of sp³-hybridized carbons (Fsp3) is 0.878. The number of amides is 1. The predicted octanol–water partition coefficient (Wildman–Crippen LogP) is 11.0. The molecule has 46 heavy (non-hydrogen) atoms. The molecule has 3 unspecified atom stereocenters. The fourth-order valence-corrected chi connectivity index (χ4v) is 6.10. The molecule has 0 aliphatic rings. The van der Waals surface area contributed by atoms with Crippen molar-refractivity contribution in [3.8, 4) is 0 Å². The highest BCUT2D eigenvalue weighted by Gasteiger charge is 2.20. The van der Waals surface area contributed by atoms with E-state index in [4.69, 9.17) is 0 Å². The first-order valence-electron chi connectivity index (χ1n) is 20.1. The minimum atomic E-state index is -0.928. The van der Waals surface area contributed by atoms with Crippen LogP contribution in [0.25, 0.3) is 0 Å². The summed E-state index contributed by atoms with van der Waals surface area (Å²) in [6.07, 6.45) is 43.0. The van der Waals surface area contributed by atoms with Gasteiger partial charge in [0.15, 0.2) is 0 Å². The molecule has 0 spiro atoms. The molecule has 0 radical (unpaired) electrons. The van der Waals surface area contributed by atoms with Crippen molar-refractivity contribution in [3.05, 3.63) is 24.3 Å². The number of aliphatic hydroxyl groups excluding tert-OH is 3. The van der Waals surface area contributed by atoms with Crippen LogP contribution in [-0.2, 0) is 4.79 Å². The number of carbonyl (C=O) groups excluding carboxylic acids is 1. The van der Waals surface area contributed by atoms with Crippen LogP contribution in [0.2, 0.25) is 0 Å². The summed E-state index contributed by atoms with van der Waals surface area (Å²) in [5.41, 5.74) is 0. The number of allylic oxidation sites excluding steroid dienone is 3. The van der Waals surface area contributed by atoms with Crippen LogP contribution in [-0.4, -0.2) is 46.1 Å². The van der Waals surface area contributed by atoms with Gasteiger partial charge in [-0.1, -0.05) is 179 Å². The first kappa shape index (κ1) is 44.8. The van der Waals surface area contributed by atoms with Crippen molar-refractivity contribution >= 4 is 5.91 Å². The van der Waals surface area contributed by atoms with Crippen molar-refractivity contribution in [1.29, 1.82) is 0 Å². The van der Waals surface area contributed by atoms with Crippen LogP contribution < -0.4 is 5.32 Å². The lowest BCUT2D eigenvalue weighted by molar-refractivity contribution is -0.124. The maximum atomic E-state index is 12.4. The summed E-state index contributed by atoms with van der Waals surface area (Å²) < 4.78 is 0. The number of unbranched alkanes of at least 4 members (excludes halogenated alkanes) is 25. The van der Waals surface area contributed by atoms with Crippen molar-refractivity contribution < 1.29 is 20.1 Å². The molecule has 0 aliphatic carbocycles. The summed E-state index contributed by atoms with van der Waals surface area (Å²) in [5, 5.41) is 33.1. The maximum Gasteiger partial charge on any atom is 0.222 e. The highest BCUT2D eigenvalue weighted by atomic mass is 16.3. The molecule has 0 saturated heterocycles. The van der Waals surface area contributed by atoms with Crippen LogP contribution in [0.15, 0.2) is 24.3 Å². The van der Waals surface area contributed by atoms with Gasteiger partial charge in [-0.2, -0.15) is 0 Å². The summed E-state index contributed by atoms with van der Waals surface area (Å²) in [4.78, 5) is 12.4. The van der Waals surface area contributed by atoms with Crippen molar-refractivity contribution in [1.82, 2.24) is 5.32 Å². The summed E-state index contributed by atoms with van der Waals surface area (Å²) in [7, 11) is 0. The van der Waals surface area contributed by atoms with Gasteiger partial charge in [0.05, 0.1) is 31.3 Å². The molecule has 0 aromatic carbocycles. The van der Waals surface area contributed by atoms with Gasteiger partial charge >= 0.3 is 0 Å². The Balaban J connectivity index is 3.72. The molecule has 0 bridgehead atoms. The average molecular weight is 650 g/mol. The van der Waals surface area contributed by atoms with E-state index in [-0.39, 0.29) is 18.9 Å². The SMILES string of the molecule is CCCCCCCC/C=C\CCCCCCCC(O)CC(=O)NC(CO)C(O)/C=C/CCCCCCCCCCCCCCCC. The van der Waals surface area contributed by atoms with E-state index in [0.29, 0.717) is 6.42 Å². The Morgan fingerprint density at radius 3 is 1.33 bits per heavy atom. The maximum absolute atomic E-state index is 12.4. The van der Waals surface area contributed by atoms with E-state index < -0.39 is 18.2 Å². The zero-order valence-electron chi connectivity index (χ0n) is 30.7. The molecule has 0 saturated carbocycles. The van der Waals surface area contributed by atoms with Gasteiger partial charge in [0.2, 0.25) is 5.91 Å². The molecule has 0 heterocycles. The second-order valence-corrected chi connectivity index (χ2v) is 13.9. The molecule has 0 aromatic rings. The topological polar surface area (TPSA) is 89.8 Å². The molecule has 1 amide bonds. The Labute approximate surface area is 286 Å². The van der Waals surface area contributed by atoms with Gasteiger partial charge in [0.1, 0.15) is 0 Å². The lowest BCUT2D eigenvalue weighted by Crippen LogP contribution is -2.45. The van der Waals surface area contributed by atoms with Crippen molar-refractivity contribution in [2.24, 2.45) is 0 Å². The molecule has 5 nitrogen and oxygen atoms in total. The van der Waals surface area contributed by atoms with Crippen LogP contribution >= 0.6 is 0 Å². The number of rotatable bonds is 36. The molecule has 3 atom stereocenters. The summed E-state index contributed by atoms with van der Waals surface area (Å²) in [6.45, 7) is 4.20. The van der Waals surface area contributed by atoms with Gasteiger partial charge < -0.3 is 20.6 Å². The van der Waals surface area contributed by atoms with Crippen LogP contribution in [0.3, 0.4) is 0 Å². The summed E-state index contributed by atoms with van der Waals surface area (Å²) in [5.74, 6) is -0.321. The fourth-order valence-electron chi connectivity index (χ4n) is 6.10. The number of hydrogen-bond donors (Lipinski definition) is 4. The average Bonchev–Trinajstić information content (AvgIpc) is 3.05. The number of nitrogens with one attached hydrogen (secondary N) is 1. The molecule has 0 aromatic heterocycles. The molecule has 5 heteroatoms. The number of aliphatic hydroxyl groups is 3. The Kier molecular flexibility index (Phi) is 35.7. The van der Waals surface area contributed by atoms with E-state index in [1.165, 1.54) is 141 Å². The van der Waals surface area contributed by atoms with Crippen LogP contribution in [0.1, 0.15) is 206 Å². The van der Waals surface area contributed by atoms with E-state index in [2.05, 4.69) is 31.3 Å². The molecular formula is C41H79NO4. The smallest absolute Gasteiger partial charge is 0.222 e. The Bertz CT molecular complexity index is 679. The lowest BCUT2D eigenvalue weighted by atomic mass is 10.0. The minimum Gasteiger partial charge on any atom is -0.394 e. The third-order valence-electron chi connectivity index (χ3n) is 9.23. The Morgan fingerprint density at radius 2 is 0.913 bits per heavy atom. The van der Waals surface area contributed by atoms with Crippen LogP contribution in [0.5, 0.6) is 0 Å². The normalized spacial score (nSPS) is 13.9. The van der Waals surface area contributed by atoms with E-state index in [1.54, 1.807) is 6.08 Å². The Morgan fingerprint density at radius 1 is 0.543 bits per heavy atom.